The maximum Gasteiger partial charge on any atom is 0.240 e. The van der Waals surface area contributed by atoms with Gasteiger partial charge in [-0.25, -0.2) is 17.5 Å². The Kier molecular flexibility index (Phi) is 4.96. The largest absolute Gasteiger partial charge is 0.508 e. The van der Waals surface area contributed by atoms with Crippen molar-refractivity contribution in [2.75, 3.05) is 0 Å². The standard InChI is InChI=1S/C18H20FNO4S/c19-13-3-8-16(9-4-13)25(23,24)20-14-5-1-12(2-6-14)17-10-7-15(21)11-18(17)22/h3-4,7-12,14,20-22H,1-2,5-6H2/t12-,14-. The van der Waals surface area contributed by atoms with Crippen LogP contribution in [0.5, 0.6) is 11.5 Å². The van der Waals surface area contributed by atoms with E-state index in [9.17, 15) is 23.0 Å². The number of sulfonamides is 1. The Morgan fingerprint density at radius 1 is 0.960 bits per heavy atom. The van der Waals surface area contributed by atoms with Crippen LogP contribution in [0.2, 0.25) is 0 Å². The summed E-state index contributed by atoms with van der Waals surface area (Å²) in [5.41, 5.74) is 0.776. The van der Waals surface area contributed by atoms with Gasteiger partial charge in [0.2, 0.25) is 10.0 Å². The van der Waals surface area contributed by atoms with Crippen LogP contribution >= 0.6 is 0 Å². The van der Waals surface area contributed by atoms with E-state index in [0.717, 1.165) is 30.5 Å². The minimum Gasteiger partial charge on any atom is -0.508 e. The van der Waals surface area contributed by atoms with E-state index in [1.165, 1.54) is 18.2 Å². The van der Waals surface area contributed by atoms with Crippen LogP contribution in [-0.4, -0.2) is 24.7 Å². The van der Waals surface area contributed by atoms with Crippen LogP contribution in [0.3, 0.4) is 0 Å². The second-order valence-electron chi connectivity index (χ2n) is 6.37. The molecule has 3 rings (SSSR count). The smallest absolute Gasteiger partial charge is 0.240 e. The molecule has 7 heteroatoms. The normalized spacial score (nSPS) is 21.2. The van der Waals surface area contributed by atoms with E-state index in [1.54, 1.807) is 12.1 Å². The molecule has 0 heterocycles. The van der Waals surface area contributed by atoms with Crippen molar-refractivity contribution in [3.63, 3.8) is 0 Å². The van der Waals surface area contributed by atoms with Crippen molar-refractivity contribution < 1.29 is 23.0 Å². The predicted octanol–water partition coefficient (Wildman–Crippen LogP) is 3.24. The topological polar surface area (TPSA) is 86.6 Å². The van der Waals surface area contributed by atoms with Gasteiger partial charge in [-0.05, 0) is 67.5 Å². The van der Waals surface area contributed by atoms with E-state index in [2.05, 4.69) is 4.72 Å². The quantitative estimate of drug-likeness (QED) is 0.776. The van der Waals surface area contributed by atoms with Crippen LogP contribution in [-0.2, 0) is 10.0 Å². The molecule has 1 aliphatic rings. The molecule has 25 heavy (non-hydrogen) atoms. The molecule has 0 saturated heterocycles. The summed E-state index contributed by atoms with van der Waals surface area (Å²) in [6.45, 7) is 0. The van der Waals surface area contributed by atoms with E-state index >= 15 is 0 Å². The first kappa shape index (κ1) is 17.7. The Balaban J connectivity index is 1.63. The fourth-order valence-electron chi connectivity index (χ4n) is 3.30. The molecule has 0 aliphatic heterocycles. The lowest BCUT2D eigenvalue weighted by Gasteiger charge is -2.29. The van der Waals surface area contributed by atoms with Crippen molar-refractivity contribution in [3.05, 3.63) is 53.8 Å². The summed E-state index contributed by atoms with van der Waals surface area (Å²) in [6, 6.07) is 9.12. The molecule has 5 nitrogen and oxygen atoms in total. The zero-order valence-electron chi connectivity index (χ0n) is 13.5. The molecule has 0 atom stereocenters. The molecule has 1 saturated carbocycles. The third-order valence-electron chi connectivity index (χ3n) is 4.63. The first-order valence-corrected chi connectivity index (χ1v) is 9.63. The highest BCUT2D eigenvalue weighted by atomic mass is 32.2. The van der Waals surface area contributed by atoms with E-state index in [-0.39, 0.29) is 28.4 Å². The molecule has 0 radical (unpaired) electrons. The molecule has 1 aliphatic carbocycles. The molecular formula is C18H20FNO4S. The number of hydrogen-bond acceptors (Lipinski definition) is 4. The van der Waals surface area contributed by atoms with Gasteiger partial charge in [0.15, 0.2) is 0 Å². The van der Waals surface area contributed by atoms with Gasteiger partial charge in [-0.3, -0.25) is 0 Å². The summed E-state index contributed by atoms with van der Waals surface area (Å²) in [5.74, 6) is -0.266. The van der Waals surface area contributed by atoms with Crippen LogP contribution in [0.25, 0.3) is 0 Å². The Morgan fingerprint density at radius 3 is 2.20 bits per heavy atom. The van der Waals surface area contributed by atoms with E-state index in [4.69, 9.17) is 0 Å². The number of phenols is 2. The highest BCUT2D eigenvalue weighted by Gasteiger charge is 2.27. The van der Waals surface area contributed by atoms with Gasteiger partial charge in [0.05, 0.1) is 4.90 Å². The van der Waals surface area contributed by atoms with Crippen molar-refractivity contribution in [1.82, 2.24) is 4.72 Å². The van der Waals surface area contributed by atoms with Gasteiger partial charge >= 0.3 is 0 Å². The van der Waals surface area contributed by atoms with Crippen molar-refractivity contribution in [2.45, 2.75) is 42.5 Å². The van der Waals surface area contributed by atoms with Crippen molar-refractivity contribution in [3.8, 4) is 11.5 Å². The van der Waals surface area contributed by atoms with E-state index < -0.39 is 15.8 Å². The predicted molar refractivity (Wildman–Crippen MR) is 91.5 cm³/mol. The molecule has 0 unspecified atom stereocenters. The average Bonchev–Trinajstić information content (AvgIpc) is 2.56. The Bertz CT molecular complexity index is 844. The maximum absolute atomic E-state index is 12.9. The fourth-order valence-corrected chi connectivity index (χ4v) is 4.61. The summed E-state index contributed by atoms with van der Waals surface area (Å²) in [5, 5.41) is 19.3. The number of halogens is 1. The Hall–Kier alpha value is -2.12. The maximum atomic E-state index is 12.9. The minimum absolute atomic E-state index is 0.0157. The van der Waals surface area contributed by atoms with E-state index in [0.29, 0.717) is 12.8 Å². The van der Waals surface area contributed by atoms with Gasteiger partial charge in [0.25, 0.3) is 0 Å². The molecule has 0 amide bonds. The van der Waals surface area contributed by atoms with Crippen molar-refractivity contribution >= 4 is 10.0 Å². The van der Waals surface area contributed by atoms with Crippen LogP contribution in [0.1, 0.15) is 37.2 Å². The number of aromatic hydroxyl groups is 2. The highest BCUT2D eigenvalue weighted by molar-refractivity contribution is 7.89. The number of phenolic OH excluding ortho intramolecular Hbond substituents is 2. The van der Waals surface area contributed by atoms with Crippen LogP contribution < -0.4 is 4.72 Å². The first-order chi connectivity index (χ1) is 11.8. The zero-order valence-corrected chi connectivity index (χ0v) is 14.3. The van der Waals surface area contributed by atoms with Gasteiger partial charge in [0.1, 0.15) is 17.3 Å². The molecular weight excluding hydrogens is 345 g/mol. The molecule has 0 aromatic heterocycles. The summed E-state index contributed by atoms with van der Waals surface area (Å²) in [7, 11) is -3.67. The summed E-state index contributed by atoms with van der Waals surface area (Å²) < 4.78 is 40.3. The molecule has 134 valence electrons. The fraction of sp³-hybridized carbons (Fsp3) is 0.333. The van der Waals surface area contributed by atoms with Gasteiger partial charge in [-0.2, -0.15) is 0 Å². The zero-order chi connectivity index (χ0) is 18.0. The number of benzene rings is 2. The SMILES string of the molecule is O=S(=O)(N[C@H]1CC[C@H](c2ccc(O)cc2O)CC1)c1ccc(F)cc1. The van der Waals surface area contributed by atoms with Crippen molar-refractivity contribution in [1.29, 1.82) is 0 Å². The molecule has 0 spiro atoms. The Labute approximate surface area is 146 Å². The molecule has 0 bridgehead atoms. The van der Waals surface area contributed by atoms with Gasteiger partial charge < -0.3 is 10.2 Å². The second kappa shape index (κ2) is 7.01. The first-order valence-electron chi connectivity index (χ1n) is 8.15. The molecule has 3 N–H and O–H groups in total. The van der Waals surface area contributed by atoms with E-state index in [1.807, 2.05) is 0 Å². The number of rotatable bonds is 4. The lowest BCUT2D eigenvalue weighted by Crippen LogP contribution is -2.37. The lowest BCUT2D eigenvalue weighted by molar-refractivity contribution is 0.362. The summed E-state index contributed by atoms with van der Waals surface area (Å²) >= 11 is 0. The Morgan fingerprint density at radius 2 is 1.60 bits per heavy atom. The number of hydrogen-bond donors (Lipinski definition) is 3. The summed E-state index contributed by atoms with van der Waals surface area (Å²) in [6.07, 6.45) is 2.75. The third kappa shape index (κ3) is 4.11. The lowest BCUT2D eigenvalue weighted by atomic mass is 9.81. The monoisotopic (exact) mass is 365 g/mol. The second-order valence-corrected chi connectivity index (χ2v) is 8.08. The van der Waals surface area contributed by atoms with Crippen molar-refractivity contribution in [2.24, 2.45) is 0 Å². The van der Waals surface area contributed by atoms with Gasteiger partial charge in [-0.15, -0.1) is 0 Å². The van der Waals surface area contributed by atoms with Gasteiger partial charge in [0, 0.05) is 12.1 Å². The average molecular weight is 365 g/mol. The molecule has 2 aromatic rings. The summed E-state index contributed by atoms with van der Waals surface area (Å²) in [4.78, 5) is 0.0483. The number of nitrogens with one attached hydrogen (secondary N) is 1. The minimum atomic E-state index is -3.67. The highest BCUT2D eigenvalue weighted by Crippen LogP contribution is 2.38. The molecule has 2 aromatic carbocycles. The van der Waals surface area contributed by atoms with Gasteiger partial charge in [-0.1, -0.05) is 6.07 Å². The molecule has 1 fully saturated rings. The third-order valence-corrected chi connectivity index (χ3v) is 6.16. The van der Waals surface area contributed by atoms with Crippen LogP contribution in [0, 0.1) is 5.82 Å². The van der Waals surface area contributed by atoms with Crippen LogP contribution in [0.15, 0.2) is 47.4 Å². The van der Waals surface area contributed by atoms with Crippen LogP contribution in [0.4, 0.5) is 4.39 Å².